The lowest BCUT2D eigenvalue weighted by Gasteiger charge is -2.02. The molecule has 3 rings (SSSR count). The van der Waals surface area contributed by atoms with E-state index in [1.807, 2.05) is 48.5 Å². The minimum atomic E-state index is -0.794. The van der Waals surface area contributed by atoms with Crippen LogP contribution in [0.3, 0.4) is 0 Å². The summed E-state index contributed by atoms with van der Waals surface area (Å²) in [6.07, 6.45) is 0.572. The van der Waals surface area contributed by atoms with E-state index < -0.39 is 5.97 Å². The van der Waals surface area contributed by atoms with E-state index in [-0.39, 0.29) is 6.42 Å². The van der Waals surface area contributed by atoms with Crippen LogP contribution < -0.4 is 0 Å². The number of thiazole rings is 1. The van der Waals surface area contributed by atoms with E-state index in [9.17, 15) is 4.79 Å². The molecular weight excluding hydrogens is 294 g/mol. The summed E-state index contributed by atoms with van der Waals surface area (Å²) in [7, 11) is 0. The number of nitrogens with zero attached hydrogens (tertiary/aromatic N) is 1. The highest BCUT2D eigenvalue weighted by atomic mass is 32.1. The lowest BCUT2D eigenvalue weighted by Crippen LogP contribution is -1.96. The van der Waals surface area contributed by atoms with Crippen LogP contribution in [0.25, 0.3) is 21.7 Å². The van der Waals surface area contributed by atoms with Crippen molar-refractivity contribution in [1.29, 1.82) is 0 Å². The number of aromatic nitrogens is 1. The van der Waals surface area contributed by atoms with Crippen molar-refractivity contribution in [3.63, 3.8) is 0 Å². The summed E-state index contributed by atoms with van der Waals surface area (Å²) in [4.78, 5) is 16.6. The smallest absolute Gasteiger partial charge is 0.303 e. The molecule has 0 bridgehead atoms. The van der Waals surface area contributed by atoms with Gasteiger partial charge in [0.25, 0.3) is 0 Å². The molecule has 0 saturated heterocycles. The topological polar surface area (TPSA) is 50.2 Å². The van der Waals surface area contributed by atoms with E-state index in [2.05, 4.69) is 17.1 Å². The number of aryl methyl sites for hydroxylation is 1. The Balaban J connectivity index is 2.04. The first kappa shape index (κ1) is 14.5. The van der Waals surface area contributed by atoms with Gasteiger partial charge in [-0.3, -0.25) is 4.79 Å². The van der Waals surface area contributed by atoms with Gasteiger partial charge in [0.1, 0.15) is 0 Å². The van der Waals surface area contributed by atoms with Crippen LogP contribution in [-0.4, -0.2) is 16.1 Å². The van der Waals surface area contributed by atoms with Gasteiger partial charge in [-0.1, -0.05) is 60.7 Å². The van der Waals surface area contributed by atoms with E-state index in [4.69, 9.17) is 5.11 Å². The van der Waals surface area contributed by atoms with Gasteiger partial charge >= 0.3 is 5.97 Å². The fraction of sp³-hybridized carbons (Fsp3) is 0.111. The molecule has 0 unspecified atom stereocenters. The van der Waals surface area contributed by atoms with Crippen LogP contribution in [0.5, 0.6) is 0 Å². The maximum absolute atomic E-state index is 10.8. The molecule has 22 heavy (non-hydrogen) atoms. The van der Waals surface area contributed by atoms with Gasteiger partial charge in [0, 0.05) is 12.0 Å². The summed E-state index contributed by atoms with van der Waals surface area (Å²) in [5, 5.41) is 9.72. The molecule has 3 nitrogen and oxygen atoms in total. The molecule has 1 heterocycles. The van der Waals surface area contributed by atoms with Gasteiger partial charge in [-0.25, -0.2) is 4.98 Å². The van der Waals surface area contributed by atoms with E-state index in [1.54, 1.807) is 11.3 Å². The second-order valence-electron chi connectivity index (χ2n) is 4.91. The molecule has 3 aromatic rings. The summed E-state index contributed by atoms with van der Waals surface area (Å²) >= 11 is 1.57. The average molecular weight is 309 g/mol. The zero-order chi connectivity index (χ0) is 15.4. The van der Waals surface area contributed by atoms with E-state index in [0.717, 1.165) is 26.7 Å². The Labute approximate surface area is 132 Å². The second-order valence-corrected chi connectivity index (χ2v) is 5.99. The molecule has 0 spiro atoms. The largest absolute Gasteiger partial charge is 0.481 e. The van der Waals surface area contributed by atoms with Crippen molar-refractivity contribution >= 4 is 17.3 Å². The van der Waals surface area contributed by atoms with Crippen LogP contribution in [-0.2, 0) is 11.2 Å². The normalized spacial score (nSPS) is 10.5. The van der Waals surface area contributed by atoms with Crippen LogP contribution in [0.4, 0.5) is 0 Å². The molecule has 110 valence electrons. The number of hydrogen-bond donors (Lipinski definition) is 1. The van der Waals surface area contributed by atoms with E-state index >= 15 is 0 Å². The Kier molecular flexibility index (Phi) is 4.30. The summed E-state index contributed by atoms with van der Waals surface area (Å²) in [6, 6.07) is 20.1. The van der Waals surface area contributed by atoms with Crippen molar-refractivity contribution in [3.05, 3.63) is 65.7 Å². The van der Waals surface area contributed by atoms with Gasteiger partial charge in [-0.15, -0.1) is 11.3 Å². The first-order valence-corrected chi connectivity index (χ1v) is 7.88. The molecule has 0 aliphatic rings. The first-order valence-electron chi connectivity index (χ1n) is 7.06. The summed E-state index contributed by atoms with van der Waals surface area (Å²) in [6.45, 7) is 0. The molecule has 0 amide bonds. The Bertz CT molecular complexity index is 709. The molecule has 0 fully saturated rings. The minimum Gasteiger partial charge on any atom is -0.481 e. The number of hydrogen-bond acceptors (Lipinski definition) is 3. The molecule has 0 aliphatic carbocycles. The SMILES string of the molecule is O=C(O)CCc1nc(-c2ccccc2)c(-c2ccccc2)s1. The van der Waals surface area contributed by atoms with Crippen LogP contribution in [0, 0.1) is 0 Å². The summed E-state index contributed by atoms with van der Waals surface area (Å²) in [5.41, 5.74) is 3.09. The minimum absolute atomic E-state index is 0.107. The van der Waals surface area contributed by atoms with Gasteiger partial charge in [0.2, 0.25) is 0 Å². The average Bonchev–Trinajstić information content (AvgIpc) is 2.99. The van der Waals surface area contributed by atoms with Gasteiger partial charge in [-0.2, -0.15) is 0 Å². The molecule has 1 aromatic heterocycles. The zero-order valence-electron chi connectivity index (χ0n) is 11.9. The number of rotatable bonds is 5. The number of carboxylic acids is 1. The Morgan fingerprint density at radius 2 is 1.55 bits per heavy atom. The fourth-order valence-electron chi connectivity index (χ4n) is 2.26. The third-order valence-electron chi connectivity index (χ3n) is 3.31. The van der Waals surface area contributed by atoms with Crippen LogP contribution >= 0.6 is 11.3 Å². The van der Waals surface area contributed by atoms with Crippen molar-refractivity contribution in [2.45, 2.75) is 12.8 Å². The van der Waals surface area contributed by atoms with E-state index in [1.165, 1.54) is 0 Å². The Morgan fingerprint density at radius 3 is 2.14 bits per heavy atom. The highest BCUT2D eigenvalue weighted by Gasteiger charge is 2.15. The zero-order valence-corrected chi connectivity index (χ0v) is 12.7. The summed E-state index contributed by atoms with van der Waals surface area (Å²) < 4.78 is 0. The molecule has 0 radical (unpaired) electrons. The summed E-state index contributed by atoms with van der Waals surface area (Å²) in [5.74, 6) is -0.794. The van der Waals surface area contributed by atoms with Crippen molar-refractivity contribution in [1.82, 2.24) is 4.98 Å². The quantitative estimate of drug-likeness (QED) is 0.755. The first-order chi connectivity index (χ1) is 10.7. The molecular formula is C18H15NO2S. The predicted octanol–water partition coefficient (Wildman–Crippen LogP) is 4.49. The number of carboxylic acid groups (broad SMARTS) is 1. The van der Waals surface area contributed by atoms with Crippen LogP contribution in [0.1, 0.15) is 11.4 Å². The molecule has 4 heteroatoms. The molecule has 2 aromatic carbocycles. The van der Waals surface area contributed by atoms with E-state index in [0.29, 0.717) is 6.42 Å². The highest BCUT2D eigenvalue weighted by molar-refractivity contribution is 7.15. The maximum Gasteiger partial charge on any atom is 0.303 e. The van der Waals surface area contributed by atoms with Gasteiger partial charge < -0.3 is 5.11 Å². The van der Waals surface area contributed by atoms with Crippen LogP contribution in [0.15, 0.2) is 60.7 Å². The Morgan fingerprint density at radius 1 is 0.955 bits per heavy atom. The number of carbonyl (C=O) groups is 1. The lowest BCUT2D eigenvalue weighted by molar-refractivity contribution is -0.136. The Hall–Kier alpha value is -2.46. The maximum atomic E-state index is 10.8. The third-order valence-corrected chi connectivity index (χ3v) is 4.47. The molecule has 1 N–H and O–H groups in total. The molecule has 0 atom stereocenters. The van der Waals surface area contributed by atoms with Crippen molar-refractivity contribution in [2.24, 2.45) is 0 Å². The third kappa shape index (κ3) is 3.23. The van der Waals surface area contributed by atoms with Crippen molar-refractivity contribution in [3.8, 4) is 21.7 Å². The standard InChI is InChI=1S/C18H15NO2S/c20-16(21)12-11-15-19-17(13-7-3-1-4-8-13)18(22-15)14-9-5-2-6-10-14/h1-10H,11-12H2,(H,20,21). The predicted molar refractivity (Wildman–Crippen MR) is 88.9 cm³/mol. The second kappa shape index (κ2) is 6.54. The fourth-order valence-corrected chi connectivity index (χ4v) is 3.35. The van der Waals surface area contributed by atoms with Crippen LogP contribution in [0.2, 0.25) is 0 Å². The number of benzene rings is 2. The van der Waals surface area contributed by atoms with Crippen molar-refractivity contribution < 1.29 is 9.90 Å². The molecule has 0 saturated carbocycles. The van der Waals surface area contributed by atoms with Gasteiger partial charge in [0.15, 0.2) is 0 Å². The molecule has 0 aliphatic heterocycles. The van der Waals surface area contributed by atoms with Gasteiger partial charge in [0.05, 0.1) is 22.0 Å². The lowest BCUT2D eigenvalue weighted by atomic mass is 10.1. The van der Waals surface area contributed by atoms with Crippen molar-refractivity contribution in [2.75, 3.05) is 0 Å². The number of aliphatic carboxylic acids is 1. The van der Waals surface area contributed by atoms with Gasteiger partial charge in [-0.05, 0) is 5.56 Å². The highest BCUT2D eigenvalue weighted by Crippen LogP contribution is 2.37. The monoisotopic (exact) mass is 309 g/mol.